The predicted octanol–water partition coefficient (Wildman–Crippen LogP) is 4.65. The molecule has 0 aromatic carbocycles. The molecule has 0 aliphatic carbocycles. The van der Waals surface area contributed by atoms with Crippen molar-refractivity contribution < 1.29 is 0 Å². The number of hydrogen-bond acceptors (Lipinski definition) is 5. The average molecular weight is 433 g/mol. The molecule has 7 heteroatoms. The number of pyridine rings is 2. The van der Waals surface area contributed by atoms with Crippen LogP contribution in [0.1, 0.15) is 47.7 Å². The lowest BCUT2D eigenvalue weighted by atomic mass is 10.1. The van der Waals surface area contributed by atoms with Crippen molar-refractivity contribution >= 4 is 23.1 Å². The van der Waals surface area contributed by atoms with Gasteiger partial charge in [-0.25, -0.2) is 15.0 Å². The number of fused-ring (bicyclic) bond motifs is 1. The Morgan fingerprint density at radius 2 is 1.77 bits per heavy atom. The minimum absolute atomic E-state index is 0.589. The standard InChI is InChI=1S/C24H25ClN6/c1-17-21(25)6-5-19(27-17)15-22-28-20(16-24(29-22)30-9-3-2-4-10-30)13-18-7-11-31-12-8-26-23(31)14-18/h5-8,11-12,14,16H,2-4,9-10,13,15H2,1H3. The quantitative estimate of drug-likeness (QED) is 0.459. The van der Waals surface area contributed by atoms with E-state index in [1.807, 2.05) is 42.0 Å². The van der Waals surface area contributed by atoms with E-state index >= 15 is 0 Å². The fourth-order valence-electron chi connectivity index (χ4n) is 4.12. The Morgan fingerprint density at radius 1 is 0.903 bits per heavy atom. The molecule has 4 aromatic rings. The molecule has 0 spiro atoms. The van der Waals surface area contributed by atoms with E-state index < -0.39 is 0 Å². The van der Waals surface area contributed by atoms with E-state index in [1.54, 1.807) is 0 Å². The van der Waals surface area contributed by atoms with Crippen molar-refractivity contribution in [2.75, 3.05) is 18.0 Å². The summed E-state index contributed by atoms with van der Waals surface area (Å²) in [5.41, 5.74) is 4.92. The molecule has 0 unspecified atom stereocenters. The molecule has 0 N–H and O–H groups in total. The third-order valence-electron chi connectivity index (χ3n) is 5.76. The van der Waals surface area contributed by atoms with Crippen LogP contribution in [0.15, 0.2) is 48.9 Å². The summed E-state index contributed by atoms with van der Waals surface area (Å²) in [7, 11) is 0. The SMILES string of the molecule is Cc1nc(Cc2nc(Cc3ccn4ccnc4c3)cc(N3CCCCC3)n2)ccc1Cl. The number of imidazole rings is 1. The highest BCUT2D eigenvalue weighted by Gasteiger charge is 2.16. The average Bonchev–Trinajstić information content (AvgIpc) is 3.25. The van der Waals surface area contributed by atoms with Gasteiger partial charge in [-0.3, -0.25) is 4.98 Å². The zero-order chi connectivity index (χ0) is 21.2. The van der Waals surface area contributed by atoms with Crippen molar-refractivity contribution in [2.24, 2.45) is 0 Å². The Hall–Kier alpha value is -2.99. The van der Waals surface area contributed by atoms with Gasteiger partial charge in [-0.15, -0.1) is 0 Å². The van der Waals surface area contributed by atoms with Crippen LogP contribution in [0.2, 0.25) is 5.02 Å². The molecule has 0 radical (unpaired) electrons. The Labute approximate surface area is 187 Å². The fraction of sp³-hybridized carbons (Fsp3) is 0.333. The van der Waals surface area contributed by atoms with E-state index in [0.717, 1.165) is 53.9 Å². The van der Waals surface area contributed by atoms with E-state index in [1.165, 1.54) is 24.8 Å². The Balaban J connectivity index is 1.47. The van der Waals surface area contributed by atoms with E-state index in [9.17, 15) is 0 Å². The number of aromatic nitrogens is 5. The van der Waals surface area contributed by atoms with Gasteiger partial charge in [0.2, 0.25) is 0 Å². The van der Waals surface area contributed by atoms with Gasteiger partial charge < -0.3 is 9.30 Å². The molecule has 1 fully saturated rings. The summed E-state index contributed by atoms with van der Waals surface area (Å²) in [6.07, 6.45) is 10.9. The molecular weight excluding hydrogens is 408 g/mol. The zero-order valence-corrected chi connectivity index (χ0v) is 18.4. The second-order valence-electron chi connectivity index (χ2n) is 8.13. The first-order valence-electron chi connectivity index (χ1n) is 10.8. The Morgan fingerprint density at radius 3 is 2.61 bits per heavy atom. The van der Waals surface area contributed by atoms with Gasteiger partial charge in [0, 0.05) is 49.9 Å². The monoisotopic (exact) mass is 432 g/mol. The van der Waals surface area contributed by atoms with E-state index in [2.05, 4.69) is 33.1 Å². The van der Waals surface area contributed by atoms with Gasteiger partial charge in [0.15, 0.2) is 0 Å². The van der Waals surface area contributed by atoms with Gasteiger partial charge >= 0.3 is 0 Å². The van der Waals surface area contributed by atoms with Crippen LogP contribution in [0.5, 0.6) is 0 Å². The van der Waals surface area contributed by atoms with Gasteiger partial charge in [0.1, 0.15) is 17.3 Å². The van der Waals surface area contributed by atoms with E-state index in [-0.39, 0.29) is 0 Å². The molecule has 0 atom stereocenters. The molecule has 158 valence electrons. The van der Waals surface area contributed by atoms with Crippen molar-refractivity contribution in [1.29, 1.82) is 0 Å². The van der Waals surface area contributed by atoms with Crippen LogP contribution in [0.3, 0.4) is 0 Å². The van der Waals surface area contributed by atoms with Gasteiger partial charge in [0.05, 0.1) is 22.8 Å². The second-order valence-corrected chi connectivity index (χ2v) is 8.54. The predicted molar refractivity (Wildman–Crippen MR) is 123 cm³/mol. The lowest BCUT2D eigenvalue weighted by molar-refractivity contribution is 0.571. The highest BCUT2D eigenvalue weighted by Crippen LogP contribution is 2.22. The first-order valence-corrected chi connectivity index (χ1v) is 11.2. The molecule has 1 saturated heterocycles. The molecule has 5 heterocycles. The third kappa shape index (κ3) is 4.54. The fourth-order valence-corrected chi connectivity index (χ4v) is 4.22. The minimum Gasteiger partial charge on any atom is -0.357 e. The number of rotatable bonds is 5. The molecule has 0 amide bonds. The Kier molecular flexibility index (Phi) is 5.55. The van der Waals surface area contributed by atoms with Gasteiger partial charge in [-0.1, -0.05) is 11.6 Å². The van der Waals surface area contributed by atoms with Crippen LogP contribution in [-0.4, -0.2) is 37.4 Å². The number of anilines is 1. The first kappa shape index (κ1) is 19.9. The van der Waals surface area contributed by atoms with E-state index in [0.29, 0.717) is 11.4 Å². The minimum atomic E-state index is 0.589. The summed E-state index contributed by atoms with van der Waals surface area (Å²) in [5, 5.41) is 0.682. The maximum absolute atomic E-state index is 6.15. The number of hydrogen-bond donors (Lipinski definition) is 0. The van der Waals surface area contributed by atoms with Crippen LogP contribution in [0.25, 0.3) is 5.65 Å². The van der Waals surface area contributed by atoms with Crippen molar-refractivity contribution in [3.63, 3.8) is 0 Å². The largest absolute Gasteiger partial charge is 0.357 e. The maximum Gasteiger partial charge on any atom is 0.136 e. The Bertz CT molecular complexity index is 1210. The highest BCUT2D eigenvalue weighted by atomic mass is 35.5. The smallest absolute Gasteiger partial charge is 0.136 e. The molecule has 6 nitrogen and oxygen atoms in total. The van der Waals surface area contributed by atoms with Crippen LogP contribution < -0.4 is 4.90 Å². The molecule has 1 aliphatic heterocycles. The molecule has 0 saturated carbocycles. The van der Waals surface area contributed by atoms with Crippen LogP contribution in [0.4, 0.5) is 5.82 Å². The molecular formula is C24H25ClN6. The summed E-state index contributed by atoms with van der Waals surface area (Å²) in [6.45, 7) is 4.02. The molecule has 0 bridgehead atoms. The number of nitrogens with zero attached hydrogens (tertiary/aromatic N) is 6. The van der Waals surface area contributed by atoms with Gasteiger partial charge in [-0.2, -0.15) is 0 Å². The van der Waals surface area contributed by atoms with Gasteiger partial charge in [0.25, 0.3) is 0 Å². The lowest BCUT2D eigenvalue weighted by Crippen LogP contribution is -2.30. The van der Waals surface area contributed by atoms with Gasteiger partial charge in [-0.05, 0) is 56.0 Å². The summed E-state index contributed by atoms with van der Waals surface area (Å²) in [5.74, 6) is 1.82. The number of halogens is 1. The molecule has 1 aliphatic rings. The second kappa shape index (κ2) is 8.63. The van der Waals surface area contributed by atoms with Crippen molar-refractivity contribution in [2.45, 2.75) is 39.0 Å². The number of piperidine rings is 1. The molecule has 5 rings (SSSR count). The summed E-state index contributed by atoms with van der Waals surface area (Å²) in [6, 6.07) is 10.2. The summed E-state index contributed by atoms with van der Waals surface area (Å²) in [4.78, 5) is 21.2. The van der Waals surface area contributed by atoms with Crippen LogP contribution >= 0.6 is 11.6 Å². The van der Waals surface area contributed by atoms with Crippen molar-refractivity contribution in [3.05, 3.63) is 82.4 Å². The van der Waals surface area contributed by atoms with Crippen LogP contribution in [0, 0.1) is 6.92 Å². The first-order chi connectivity index (χ1) is 15.1. The highest BCUT2D eigenvalue weighted by molar-refractivity contribution is 6.31. The molecule has 4 aromatic heterocycles. The normalized spacial score (nSPS) is 14.3. The summed E-state index contributed by atoms with van der Waals surface area (Å²) >= 11 is 6.15. The topological polar surface area (TPSA) is 59.2 Å². The van der Waals surface area contributed by atoms with Crippen LogP contribution in [-0.2, 0) is 12.8 Å². The van der Waals surface area contributed by atoms with Crippen molar-refractivity contribution in [1.82, 2.24) is 24.3 Å². The lowest BCUT2D eigenvalue weighted by Gasteiger charge is -2.28. The number of aryl methyl sites for hydroxylation is 1. The summed E-state index contributed by atoms with van der Waals surface area (Å²) < 4.78 is 2.02. The third-order valence-corrected chi connectivity index (χ3v) is 6.16. The molecule has 31 heavy (non-hydrogen) atoms. The van der Waals surface area contributed by atoms with Crippen molar-refractivity contribution in [3.8, 4) is 0 Å². The zero-order valence-electron chi connectivity index (χ0n) is 17.6. The maximum atomic E-state index is 6.15. The van der Waals surface area contributed by atoms with E-state index in [4.69, 9.17) is 21.6 Å².